The Labute approximate surface area is 107 Å². The van der Waals surface area contributed by atoms with E-state index in [1.54, 1.807) is 14.2 Å². The van der Waals surface area contributed by atoms with E-state index in [1.807, 2.05) is 12.1 Å². The highest BCUT2D eigenvalue weighted by Crippen LogP contribution is 2.34. The topological polar surface area (TPSA) is 30.5 Å². The predicted octanol–water partition coefficient (Wildman–Crippen LogP) is 2.57. The summed E-state index contributed by atoms with van der Waals surface area (Å²) in [6.07, 6.45) is 1.15. The number of hydrogen-bond donors (Lipinski definition) is 1. The van der Waals surface area contributed by atoms with E-state index in [-0.39, 0.29) is 0 Å². The number of benzene rings is 1. The molecule has 0 saturated carbocycles. The Morgan fingerprint density at radius 3 is 2.82 bits per heavy atom. The maximum absolute atomic E-state index is 6.19. The summed E-state index contributed by atoms with van der Waals surface area (Å²) in [5, 5.41) is 4.05. The van der Waals surface area contributed by atoms with Gasteiger partial charge in [0.2, 0.25) is 0 Å². The minimum absolute atomic E-state index is 0.531. The van der Waals surface area contributed by atoms with Gasteiger partial charge in [0, 0.05) is 13.7 Å². The lowest BCUT2D eigenvalue weighted by atomic mass is 9.93. The van der Waals surface area contributed by atoms with Gasteiger partial charge in [-0.3, -0.25) is 0 Å². The van der Waals surface area contributed by atoms with Crippen molar-refractivity contribution in [2.24, 2.45) is 0 Å². The van der Waals surface area contributed by atoms with Crippen LogP contribution in [0, 0.1) is 0 Å². The van der Waals surface area contributed by atoms with Gasteiger partial charge >= 0.3 is 0 Å². The molecule has 1 fully saturated rings. The molecular formula is C13H18ClNO2. The molecule has 1 atom stereocenters. The fraction of sp³-hybridized carbons (Fsp3) is 0.538. The average molecular weight is 256 g/mol. The molecule has 2 rings (SSSR count). The SMILES string of the molecule is COCc1cc(OC)c(Cl)cc1C1CCNC1. The summed E-state index contributed by atoms with van der Waals surface area (Å²) in [6, 6.07) is 4.01. The lowest BCUT2D eigenvalue weighted by Gasteiger charge is -2.17. The lowest BCUT2D eigenvalue weighted by molar-refractivity contribution is 0.183. The third-order valence-corrected chi connectivity index (χ3v) is 3.51. The van der Waals surface area contributed by atoms with E-state index in [2.05, 4.69) is 5.32 Å². The molecule has 94 valence electrons. The summed E-state index contributed by atoms with van der Waals surface area (Å²) in [5.74, 6) is 1.25. The Morgan fingerprint density at radius 2 is 2.24 bits per heavy atom. The van der Waals surface area contributed by atoms with Crippen LogP contribution in [0.5, 0.6) is 5.75 Å². The molecule has 0 amide bonds. The molecule has 4 heteroatoms. The van der Waals surface area contributed by atoms with E-state index in [4.69, 9.17) is 21.1 Å². The summed E-state index contributed by atoms with van der Waals surface area (Å²) in [5.41, 5.74) is 2.45. The van der Waals surface area contributed by atoms with E-state index in [1.165, 1.54) is 11.1 Å². The van der Waals surface area contributed by atoms with Crippen LogP contribution < -0.4 is 10.1 Å². The monoisotopic (exact) mass is 255 g/mol. The van der Waals surface area contributed by atoms with Crippen molar-refractivity contribution in [3.63, 3.8) is 0 Å². The first-order chi connectivity index (χ1) is 8.26. The van der Waals surface area contributed by atoms with Crippen molar-refractivity contribution in [1.29, 1.82) is 0 Å². The van der Waals surface area contributed by atoms with Crippen molar-refractivity contribution < 1.29 is 9.47 Å². The van der Waals surface area contributed by atoms with Crippen LogP contribution in [-0.4, -0.2) is 27.3 Å². The zero-order chi connectivity index (χ0) is 12.3. The molecule has 1 aromatic carbocycles. The molecule has 17 heavy (non-hydrogen) atoms. The minimum atomic E-state index is 0.531. The Bertz CT molecular complexity index is 389. The van der Waals surface area contributed by atoms with Crippen LogP contribution in [-0.2, 0) is 11.3 Å². The van der Waals surface area contributed by atoms with Gasteiger partial charge in [0.1, 0.15) is 5.75 Å². The highest BCUT2D eigenvalue weighted by Gasteiger charge is 2.21. The van der Waals surface area contributed by atoms with Crippen molar-refractivity contribution in [2.75, 3.05) is 27.3 Å². The molecule has 0 aliphatic carbocycles. The first-order valence-corrected chi connectivity index (χ1v) is 6.20. The van der Waals surface area contributed by atoms with Crippen LogP contribution in [0.15, 0.2) is 12.1 Å². The van der Waals surface area contributed by atoms with Gasteiger partial charge in [-0.05, 0) is 42.1 Å². The normalized spacial score (nSPS) is 19.6. The molecule has 0 aromatic heterocycles. The summed E-state index contributed by atoms with van der Waals surface area (Å²) in [4.78, 5) is 0. The first-order valence-electron chi connectivity index (χ1n) is 5.82. The van der Waals surface area contributed by atoms with Crippen LogP contribution in [0.3, 0.4) is 0 Å². The van der Waals surface area contributed by atoms with E-state index < -0.39 is 0 Å². The molecule has 1 N–H and O–H groups in total. The van der Waals surface area contributed by atoms with E-state index in [0.29, 0.717) is 23.3 Å². The van der Waals surface area contributed by atoms with Crippen LogP contribution in [0.4, 0.5) is 0 Å². The molecule has 0 bridgehead atoms. The van der Waals surface area contributed by atoms with Crippen molar-refractivity contribution >= 4 is 11.6 Å². The molecule has 1 saturated heterocycles. The van der Waals surface area contributed by atoms with E-state index >= 15 is 0 Å². The smallest absolute Gasteiger partial charge is 0.137 e. The number of ether oxygens (including phenoxy) is 2. The second-order valence-electron chi connectivity index (χ2n) is 4.31. The Kier molecular flexibility index (Phi) is 4.26. The molecule has 1 aliphatic rings. The summed E-state index contributed by atoms with van der Waals surface area (Å²) in [7, 11) is 3.34. The van der Waals surface area contributed by atoms with E-state index in [9.17, 15) is 0 Å². The lowest BCUT2D eigenvalue weighted by Crippen LogP contribution is -2.10. The van der Waals surface area contributed by atoms with Crippen molar-refractivity contribution in [1.82, 2.24) is 5.32 Å². The fourth-order valence-corrected chi connectivity index (χ4v) is 2.60. The van der Waals surface area contributed by atoms with Gasteiger partial charge in [0.15, 0.2) is 0 Å². The van der Waals surface area contributed by atoms with Gasteiger partial charge in [-0.25, -0.2) is 0 Å². The fourth-order valence-electron chi connectivity index (χ4n) is 2.35. The van der Waals surface area contributed by atoms with Gasteiger partial charge in [-0.2, -0.15) is 0 Å². The second kappa shape index (κ2) is 5.71. The number of halogens is 1. The number of methoxy groups -OCH3 is 2. The third kappa shape index (κ3) is 2.73. The Hall–Kier alpha value is -0.770. The molecular weight excluding hydrogens is 238 g/mol. The maximum Gasteiger partial charge on any atom is 0.137 e. The zero-order valence-corrected chi connectivity index (χ0v) is 11.0. The summed E-state index contributed by atoms with van der Waals surface area (Å²) >= 11 is 6.19. The molecule has 0 radical (unpaired) electrons. The molecule has 0 spiro atoms. The Morgan fingerprint density at radius 1 is 1.41 bits per heavy atom. The molecule has 1 heterocycles. The van der Waals surface area contributed by atoms with Crippen molar-refractivity contribution in [3.8, 4) is 5.75 Å². The van der Waals surface area contributed by atoms with Crippen LogP contribution in [0.25, 0.3) is 0 Å². The van der Waals surface area contributed by atoms with Crippen molar-refractivity contribution in [2.45, 2.75) is 18.9 Å². The molecule has 1 aromatic rings. The van der Waals surface area contributed by atoms with Crippen LogP contribution in [0.1, 0.15) is 23.5 Å². The molecule has 1 aliphatic heterocycles. The van der Waals surface area contributed by atoms with Gasteiger partial charge in [-0.1, -0.05) is 11.6 Å². The second-order valence-corrected chi connectivity index (χ2v) is 4.72. The zero-order valence-electron chi connectivity index (χ0n) is 10.3. The molecule has 1 unspecified atom stereocenters. The number of hydrogen-bond acceptors (Lipinski definition) is 3. The maximum atomic E-state index is 6.19. The minimum Gasteiger partial charge on any atom is -0.495 e. The standard InChI is InChI=1S/C13H18ClNO2/c1-16-8-10-5-13(17-2)12(14)6-11(10)9-3-4-15-7-9/h5-6,9,15H,3-4,7-8H2,1-2H3. The summed E-state index contributed by atoms with van der Waals surface area (Å²) in [6.45, 7) is 2.68. The van der Waals surface area contributed by atoms with Crippen molar-refractivity contribution in [3.05, 3.63) is 28.3 Å². The van der Waals surface area contributed by atoms with Gasteiger partial charge < -0.3 is 14.8 Å². The van der Waals surface area contributed by atoms with Gasteiger partial charge in [0.25, 0.3) is 0 Å². The average Bonchev–Trinajstić information content (AvgIpc) is 2.84. The highest BCUT2D eigenvalue weighted by molar-refractivity contribution is 6.32. The Balaban J connectivity index is 2.37. The highest BCUT2D eigenvalue weighted by atomic mass is 35.5. The summed E-state index contributed by atoms with van der Waals surface area (Å²) < 4.78 is 10.5. The van der Waals surface area contributed by atoms with Gasteiger partial charge in [-0.15, -0.1) is 0 Å². The van der Waals surface area contributed by atoms with Gasteiger partial charge in [0.05, 0.1) is 18.7 Å². The van der Waals surface area contributed by atoms with Crippen LogP contribution >= 0.6 is 11.6 Å². The quantitative estimate of drug-likeness (QED) is 0.897. The number of nitrogens with one attached hydrogen (secondary N) is 1. The third-order valence-electron chi connectivity index (χ3n) is 3.21. The predicted molar refractivity (Wildman–Crippen MR) is 68.9 cm³/mol. The largest absolute Gasteiger partial charge is 0.495 e. The van der Waals surface area contributed by atoms with E-state index in [0.717, 1.165) is 19.5 Å². The number of rotatable bonds is 4. The van der Waals surface area contributed by atoms with Crippen LogP contribution in [0.2, 0.25) is 5.02 Å². The molecule has 3 nitrogen and oxygen atoms in total. The first kappa shape index (κ1) is 12.7.